The average molecular weight is 310 g/mol. The van der Waals surface area contributed by atoms with Crippen LogP contribution in [-0.4, -0.2) is 6.10 Å². The minimum atomic E-state index is 0.126. The van der Waals surface area contributed by atoms with Crippen molar-refractivity contribution in [1.29, 1.82) is 0 Å². The summed E-state index contributed by atoms with van der Waals surface area (Å²) in [4.78, 5) is 1.34. The molecule has 1 aromatic carbocycles. The number of benzene rings is 1. The third-order valence-electron chi connectivity index (χ3n) is 2.93. The van der Waals surface area contributed by atoms with Crippen LogP contribution in [0.1, 0.15) is 38.1 Å². The third-order valence-corrected chi connectivity index (χ3v) is 4.21. The van der Waals surface area contributed by atoms with E-state index in [1.165, 1.54) is 4.88 Å². The number of thiophene rings is 1. The van der Waals surface area contributed by atoms with Crippen LogP contribution in [0, 0.1) is 0 Å². The lowest BCUT2D eigenvalue weighted by Gasteiger charge is -2.18. The van der Waals surface area contributed by atoms with Crippen LogP contribution in [0.15, 0.2) is 35.7 Å². The first-order chi connectivity index (χ1) is 9.60. The zero-order valence-corrected chi connectivity index (χ0v) is 13.6. The first kappa shape index (κ1) is 15.2. The van der Waals surface area contributed by atoms with Crippen molar-refractivity contribution in [3.8, 4) is 5.75 Å². The van der Waals surface area contributed by atoms with Gasteiger partial charge in [-0.05, 0) is 49.9 Å². The highest BCUT2D eigenvalue weighted by molar-refractivity contribution is 7.10. The van der Waals surface area contributed by atoms with E-state index in [0.29, 0.717) is 11.1 Å². The number of ether oxygens (including phenoxy) is 1. The molecule has 0 radical (unpaired) electrons. The number of hydrogen-bond donors (Lipinski definition) is 1. The fraction of sp³-hybridized carbons (Fsp3) is 0.375. The molecule has 1 N–H and O–H groups in total. The first-order valence-corrected chi connectivity index (χ1v) is 8.12. The van der Waals surface area contributed by atoms with Crippen LogP contribution < -0.4 is 10.1 Å². The molecule has 0 saturated heterocycles. The molecule has 0 aliphatic heterocycles. The lowest BCUT2D eigenvalue weighted by atomic mass is 10.1. The van der Waals surface area contributed by atoms with Gasteiger partial charge in [0.25, 0.3) is 0 Å². The molecule has 0 aliphatic carbocycles. The minimum Gasteiger partial charge on any atom is -0.489 e. The van der Waals surface area contributed by atoms with Gasteiger partial charge in [0.1, 0.15) is 5.75 Å². The lowest BCUT2D eigenvalue weighted by molar-refractivity contribution is 0.242. The van der Waals surface area contributed by atoms with E-state index < -0.39 is 0 Å². The minimum absolute atomic E-state index is 0.126. The largest absolute Gasteiger partial charge is 0.489 e. The standard InChI is InChI=1S/C16H20ClNOS/c1-4-14(16-6-5-9-20-16)18-12-7-8-15(13(17)10-12)19-11(2)3/h5-11,14,18H,4H2,1-3H3. The molecule has 108 valence electrons. The molecular formula is C16H20ClNOS. The van der Waals surface area contributed by atoms with Gasteiger partial charge in [-0.1, -0.05) is 24.6 Å². The Morgan fingerprint density at radius 2 is 2.10 bits per heavy atom. The van der Waals surface area contributed by atoms with Gasteiger partial charge < -0.3 is 10.1 Å². The van der Waals surface area contributed by atoms with Crippen LogP contribution in [0.3, 0.4) is 0 Å². The molecule has 2 aromatic rings. The normalized spacial score (nSPS) is 12.4. The molecule has 0 bridgehead atoms. The molecule has 0 aliphatic rings. The van der Waals surface area contributed by atoms with Gasteiger partial charge in [-0.15, -0.1) is 11.3 Å². The van der Waals surface area contributed by atoms with E-state index in [1.807, 2.05) is 32.0 Å². The second kappa shape index (κ2) is 7.00. The Hall–Kier alpha value is -1.19. The Bertz CT molecular complexity index is 539. The van der Waals surface area contributed by atoms with Crippen LogP contribution in [-0.2, 0) is 0 Å². The maximum Gasteiger partial charge on any atom is 0.138 e. The van der Waals surface area contributed by atoms with E-state index in [9.17, 15) is 0 Å². The highest BCUT2D eigenvalue weighted by Crippen LogP contribution is 2.31. The molecule has 0 fully saturated rings. The van der Waals surface area contributed by atoms with Crippen molar-refractivity contribution in [2.24, 2.45) is 0 Å². The molecule has 0 amide bonds. The van der Waals surface area contributed by atoms with E-state index in [0.717, 1.165) is 17.9 Å². The zero-order chi connectivity index (χ0) is 14.5. The highest BCUT2D eigenvalue weighted by Gasteiger charge is 2.11. The number of nitrogens with one attached hydrogen (secondary N) is 1. The summed E-state index contributed by atoms with van der Waals surface area (Å²) in [5.41, 5.74) is 1.02. The molecule has 20 heavy (non-hydrogen) atoms. The molecule has 4 heteroatoms. The Morgan fingerprint density at radius 3 is 2.65 bits per heavy atom. The average Bonchev–Trinajstić information content (AvgIpc) is 2.92. The van der Waals surface area contributed by atoms with Crippen LogP contribution in [0.5, 0.6) is 5.75 Å². The van der Waals surface area contributed by atoms with E-state index in [1.54, 1.807) is 11.3 Å². The van der Waals surface area contributed by atoms with Gasteiger partial charge in [-0.3, -0.25) is 0 Å². The van der Waals surface area contributed by atoms with Gasteiger partial charge in [-0.25, -0.2) is 0 Å². The van der Waals surface area contributed by atoms with Crippen molar-refractivity contribution in [2.45, 2.75) is 39.3 Å². The topological polar surface area (TPSA) is 21.3 Å². The Balaban J connectivity index is 2.11. The summed E-state index contributed by atoms with van der Waals surface area (Å²) in [5, 5.41) is 6.27. The van der Waals surface area contributed by atoms with Crippen molar-refractivity contribution < 1.29 is 4.74 Å². The molecule has 1 heterocycles. The van der Waals surface area contributed by atoms with E-state index in [-0.39, 0.29) is 6.10 Å². The summed E-state index contributed by atoms with van der Waals surface area (Å²) >= 11 is 8.03. The van der Waals surface area contributed by atoms with Gasteiger partial charge in [0.05, 0.1) is 17.2 Å². The van der Waals surface area contributed by atoms with E-state index in [4.69, 9.17) is 16.3 Å². The smallest absolute Gasteiger partial charge is 0.138 e. The molecule has 1 unspecified atom stereocenters. The molecular weight excluding hydrogens is 290 g/mol. The summed E-state index contributed by atoms with van der Waals surface area (Å²) in [6.45, 7) is 6.16. The van der Waals surface area contributed by atoms with Gasteiger partial charge in [0.15, 0.2) is 0 Å². The van der Waals surface area contributed by atoms with Crippen LogP contribution in [0.4, 0.5) is 5.69 Å². The summed E-state index contributed by atoms with van der Waals surface area (Å²) in [6, 6.07) is 10.4. The second-order valence-electron chi connectivity index (χ2n) is 4.93. The Morgan fingerprint density at radius 1 is 1.30 bits per heavy atom. The fourth-order valence-corrected chi connectivity index (χ4v) is 3.09. The second-order valence-corrected chi connectivity index (χ2v) is 6.32. The van der Waals surface area contributed by atoms with E-state index in [2.05, 4.69) is 29.8 Å². The van der Waals surface area contributed by atoms with E-state index >= 15 is 0 Å². The Kier molecular flexibility index (Phi) is 5.32. The number of halogens is 1. The molecule has 2 rings (SSSR count). The van der Waals surface area contributed by atoms with Crippen LogP contribution in [0.25, 0.3) is 0 Å². The summed E-state index contributed by atoms with van der Waals surface area (Å²) in [7, 11) is 0. The van der Waals surface area contributed by atoms with Gasteiger partial charge in [0.2, 0.25) is 0 Å². The van der Waals surface area contributed by atoms with Crippen molar-refractivity contribution >= 4 is 28.6 Å². The monoisotopic (exact) mass is 309 g/mol. The van der Waals surface area contributed by atoms with Crippen molar-refractivity contribution in [2.75, 3.05) is 5.32 Å². The van der Waals surface area contributed by atoms with Crippen LogP contribution >= 0.6 is 22.9 Å². The van der Waals surface area contributed by atoms with Gasteiger partial charge in [0, 0.05) is 10.6 Å². The molecule has 0 spiro atoms. The molecule has 0 saturated carbocycles. The van der Waals surface area contributed by atoms with Gasteiger partial charge in [-0.2, -0.15) is 0 Å². The highest BCUT2D eigenvalue weighted by atomic mass is 35.5. The molecule has 2 nitrogen and oxygen atoms in total. The van der Waals surface area contributed by atoms with Crippen LogP contribution in [0.2, 0.25) is 5.02 Å². The summed E-state index contributed by atoms with van der Waals surface area (Å²) in [6.07, 6.45) is 1.16. The molecule has 1 atom stereocenters. The summed E-state index contributed by atoms with van der Waals surface area (Å²) in [5.74, 6) is 0.733. The first-order valence-electron chi connectivity index (χ1n) is 6.86. The van der Waals surface area contributed by atoms with Crippen molar-refractivity contribution in [3.05, 3.63) is 45.6 Å². The van der Waals surface area contributed by atoms with Gasteiger partial charge >= 0.3 is 0 Å². The maximum atomic E-state index is 6.26. The number of anilines is 1. The summed E-state index contributed by atoms with van der Waals surface area (Å²) < 4.78 is 5.65. The maximum absolute atomic E-state index is 6.26. The SMILES string of the molecule is CCC(Nc1ccc(OC(C)C)c(Cl)c1)c1cccs1. The predicted octanol–water partition coefficient (Wildman–Crippen LogP) is 5.75. The lowest BCUT2D eigenvalue weighted by Crippen LogP contribution is -2.09. The predicted molar refractivity (Wildman–Crippen MR) is 88.2 cm³/mol. The van der Waals surface area contributed by atoms with Crippen molar-refractivity contribution in [1.82, 2.24) is 0 Å². The third kappa shape index (κ3) is 3.90. The fourth-order valence-electron chi connectivity index (χ4n) is 2.01. The number of rotatable bonds is 6. The Labute approximate surface area is 129 Å². The number of hydrogen-bond acceptors (Lipinski definition) is 3. The van der Waals surface area contributed by atoms with Crippen molar-refractivity contribution in [3.63, 3.8) is 0 Å². The quantitative estimate of drug-likeness (QED) is 0.733. The zero-order valence-electron chi connectivity index (χ0n) is 12.0. The molecule has 1 aromatic heterocycles.